The van der Waals surface area contributed by atoms with Gasteiger partial charge in [-0.25, -0.2) is 9.78 Å². The van der Waals surface area contributed by atoms with Gasteiger partial charge in [0.05, 0.1) is 41.3 Å². The van der Waals surface area contributed by atoms with Crippen molar-refractivity contribution in [2.45, 2.75) is 44.9 Å². The van der Waals surface area contributed by atoms with E-state index >= 15 is 0 Å². The number of nitrogens with zero attached hydrogens (tertiary/aromatic N) is 2. The van der Waals surface area contributed by atoms with E-state index in [2.05, 4.69) is 20.0 Å². The van der Waals surface area contributed by atoms with E-state index in [1.54, 1.807) is 35.4 Å². The molecule has 1 aromatic heterocycles. The topological polar surface area (TPSA) is 113 Å². The fraction of sp³-hybridized carbons (Fsp3) is 0.370. The zero-order valence-electron chi connectivity index (χ0n) is 21.6. The molecule has 39 heavy (non-hydrogen) atoms. The summed E-state index contributed by atoms with van der Waals surface area (Å²) in [6.45, 7) is 4.20. The fourth-order valence-electron chi connectivity index (χ4n) is 4.74. The number of alkyl carbamates (subject to hydrolysis) is 1. The first-order valence-corrected chi connectivity index (χ1v) is 12.8. The number of hydrogen-bond acceptors (Lipinski definition) is 5. The number of nitrogen functional groups attached to an aromatic ring is 1. The summed E-state index contributed by atoms with van der Waals surface area (Å²) in [7, 11) is 1.24. The van der Waals surface area contributed by atoms with Crippen LogP contribution >= 0.6 is 11.6 Å². The van der Waals surface area contributed by atoms with Gasteiger partial charge in [0, 0.05) is 6.54 Å². The molecule has 1 saturated heterocycles. The third-order valence-corrected chi connectivity index (χ3v) is 7.11. The maximum Gasteiger partial charge on any atom is 0.417 e. The summed E-state index contributed by atoms with van der Waals surface area (Å²) in [5.41, 5.74) is 6.22. The number of hydrogen-bond donors (Lipinski definition) is 3. The van der Waals surface area contributed by atoms with E-state index in [1.165, 1.54) is 13.2 Å². The molecule has 4 rings (SSSR count). The lowest BCUT2D eigenvalue weighted by molar-refractivity contribution is -0.137. The molecule has 2 atom stereocenters. The first kappa shape index (κ1) is 28.3. The maximum atomic E-state index is 13.6. The minimum absolute atomic E-state index is 0.0393. The van der Waals surface area contributed by atoms with E-state index in [0.29, 0.717) is 35.6 Å². The molecule has 2 aromatic carbocycles. The molecular formula is C27H29ClF3N5O3. The quantitative estimate of drug-likeness (QED) is 0.316. The monoisotopic (exact) mass is 563 g/mol. The molecule has 0 bridgehead atoms. The molecule has 1 aliphatic heterocycles. The van der Waals surface area contributed by atoms with Crippen LogP contribution in [-0.2, 0) is 15.7 Å². The zero-order chi connectivity index (χ0) is 28.5. The number of halogens is 4. The summed E-state index contributed by atoms with van der Waals surface area (Å²) in [5.74, 6) is 0.213. The third-order valence-electron chi connectivity index (χ3n) is 6.79. The molecule has 1 aliphatic rings. The van der Waals surface area contributed by atoms with Gasteiger partial charge in [0.1, 0.15) is 11.9 Å². The van der Waals surface area contributed by atoms with Gasteiger partial charge in [-0.05, 0) is 47.6 Å². The summed E-state index contributed by atoms with van der Waals surface area (Å²) in [6.07, 6.45) is -2.19. The van der Waals surface area contributed by atoms with Gasteiger partial charge in [-0.1, -0.05) is 49.7 Å². The highest BCUT2D eigenvalue weighted by molar-refractivity contribution is 6.33. The van der Waals surface area contributed by atoms with Crippen LogP contribution in [0, 0.1) is 5.92 Å². The highest BCUT2D eigenvalue weighted by atomic mass is 35.5. The number of H-pyrrole nitrogens is 1. The molecule has 208 valence electrons. The van der Waals surface area contributed by atoms with E-state index in [9.17, 15) is 22.8 Å². The van der Waals surface area contributed by atoms with Gasteiger partial charge in [-0.2, -0.15) is 13.2 Å². The number of rotatable bonds is 6. The summed E-state index contributed by atoms with van der Waals surface area (Å²) in [5, 5.41) is 2.66. The number of amides is 2. The molecule has 0 aliphatic carbocycles. The Bertz CT molecular complexity index is 1360. The summed E-state index contributed by atoms with van der Waals surface area (Å²) >= 11 is 6.02. The van der Waals surface area contributed by atoms with Crippen molar-refractivity contribution in [1.82, 2.24) is 20.2 Å². The highest BCUT2D eigenvalue weighted by Crippen LogP contribution is 2.41. The van der Waals surface area contributed by atoms with Gasteiger partial charge in [0.15, 0.2) is 0 Å². The van der Waals surface area contributed by atoms with Crippen LogP contribution in [0.25, 0.3) is 22.4 Å². The van der Waals surface area contributed by atoms with Crippen LogP contribution in [0.15, 0.2) is 42.6 Å². The van der Waals surface area contributed by atoms with Gasteiger partial charge in [0.2, 0.25) is 5.91 Å². The van der Waals surface area contributed by atoms with E-state index in [4.69, 9.17) is 17.3 Å². The lowest BCUT2D eigenvalue weighted by Crippen LogP contribution is -2.51. The zero-order valence-corrected chi connectivity index (χ0v) is 22.4. The normalized spacial score (nSPS) is 16.4. The second kappa shape index (κ2) is 11.2. The van der Waals surface area contributed by atoms with E-state index in [-0.39, 0.29) is 34.1 Å². The molecule has 1 fully saturated rings. The minimum Gasteiger partial charge on any atom is -0.453 e. The van der Waals surface area contributed by atoms with E-state index in [0.717, 1.165) is 12.5 Å². The Morgan fingerprint density at radius 3 is 2.49 bits per heavy atom. The predicted molar refractivity (Wildman–Crippen MR) is 142 cm³/mol. The lowest BCUT2D eigenvalue weighted by atomic mass is 9.97. The van der Waals surface area contributed by atoms with Crippen molar-refractivity contribution in [2.24, 2.45) is 5.92 Å². The molecule has 8 nitrogen and oxygen atoms in total. The van der Waals surface area contributed by atoms with Gasteiger partial charge in [-0.15, -0.1) is 0 Å². The molecule has 2 heterocycles. The molecule has 2 amide bonds. The van der Waals surface area contributed by atoms with Gasteiger partial charge < -0.3 is 25.7 Å². The Morgan fingerprint density at radius 1 is 1.21 bits per heavy atom. The largest absolute Gasteiger partial charge is 0.453 e. The number of imidazole rings is 1. The maximum absolute atomic E-state index is 13.6. The average Bonchev–Trinajstić information content (AvgIpc) is 3.57. The summed E-state index contributed by atoms with van der Waals surface area (Å²) in [6, 6.07) is 7.52. The molecule has 3 aromatic rings. The number of carbonyl (C=O) groups excluding carboxylic acids is 2. The Balaban J connectivity index is 1.57. The molecular weight excluding hydrogens is 535 g/mol. The smallest absolute Gasteiger partial charge is 0.417 e. The lowest BCUT2D eigenvalue weighted by Gasteiger charge is -2.30. The number of aromatic amines is 1. The van der Waals surface area contributed by atoms with Crippen LogP contribution in [0.1, 0.15) is 44.1 Å². The number of nitrogens with two attached hydrogens (primary N) is 1. The van der Waals surface area contributed by atoms with Crippen LogP contribution < -0.4 is 11.1 Å². The first-order chi connectivity index (χ1) is 18.4. The van der Waals surface area contributed by atoms with Crippen LogP contribution in [0.4, 0.5) is 23.7 Å². The van der Waals surface area contributed by atoms with Gasteiger partial charge in [-0.3, -0.25) is 4.79 Å². The van der Waals surface area contributed by atoms with Crippen molar-refractivity contribution in [2.75, 3.05) is 19.4 Å². The SMILES string of the molecule is COC(=O)NC(C(=O)N1CCCC1c1ncc(-c2ccc(-c3cc(Cl)c(N)cc3C(F)(F)F)cc2)[nH]1)C(C)C. The fourth-order valence-corrected chi connectivity index (χ4v) is 4.90. The standard InChI is InChI=1S/C27H29ClF3N5O3/c1-14(2)23(35-26(38)39-3)25(37)36-10-4-5-22(36)24-33-13-21(34-24)16-8-6-15(7-9-16)17-11-19(28)20(32)12-18(17)27(29,30)31/h6-9,11-14,22-23H,4-5,10,32H2,1-3H3,(H,33,34)(H,35,38). The van der Waals surface area contributed by atoms with E-state index < -0.39 is 23.9 Å². The minimum atomic E-state index is -4.60. The molecule has 12 heteroatoms. The van der Waals surface area contributed by atoms with Crippen molar-refractivity contribution < 1.29 is 27.5 Å². The number of likely N-dealkylation sites (tertiary alicyclic amines) is 1. The second-order valence-electron chi connectivity index (χ2n) is 9.72. The van der Waals surface area contributed by atoms with Crippen molar-refractivity contribution in [3.63, 3.8) is 0 Å². The average molecular weight is 564 g/mol. The number of aromatic nitrogens is 2. The van der Waals surface area contributed by atoms with Crippen LogP contribution in [0.3, 0.4) is 0 Å². The number of methoxy groups -OCH3 is 1. The molecule has 0 radical (unpaired) electrons. The van der Waals surface area contributed by atoms with Gasteiger partial charge >= 0.3 is 12.3 Å². The van der Waals surface area contributed by atoms with Crippen LogP contribution in [0.2, 0.25) is 5.02 Å². The number of ether oxygens (including phenoxy) is 1. The Labute approximate surface area is 228 Å². The number of benzene rings is 2. The first-order valence-electron chi connectivity index (χ1n) is 12.4. The Kier molecular flexibility index (Phi) is 8.10. The Morgan fingerprint density at radius 2 is 1.87 bits per heavy atom. The number of nitrogens with one attached hydrogen (secondary N) is 2. The highest BCUT2D eigenvalue weighted by Gasteiger charge is 2.38. The molecule has 4 N–H and O–H groups in total. The van der Waals surface area contributed by atoms with Gasteiger partial charge in [0.25, 0.3) is 0 Å². The molecule has 0 saturated carbocycles. The molecule has 2 unspecified atom stereocenters. The van der Waals surface area contributed by atoms with Crippen molar-refractivity contribution >= 4 is 29.3 Å². The van der Waals surface area contributed by atoms with Crippen molar-refractivity contribution in [1.29, 1.82) is 0 Å². The van der Waals surface area contributed by atoms with Crippen LogP contribution in [0.5, 0.6) is 0 Å². The third kappa shape index (κ3) is 5.98. The number of carbonyl (C=O) groups is 2. The van der Waals surface area contributed by atoms with Crippen molar-refractivity contribution in [3.05, 3.63) is 59.0 Å². The van der Waals surface area contributed by atoms with Crippen LogP contribution in [-0.4, -0.2) is 46.6 Å². The molecule has 0 spiro atoms. The number of alkyl halides is 3. The summed E-state index contributed by atoms with van der Waals surface area (Å²) in [4.78, 5) is 34.6. The summed E-state index contributed by atoms with van der Waals surface area (Å²) < 4.78 is 45.6. The predicted octanol–water partition coefficient (Wildman–Crippen LogP) is 6.04. The van der Waals surface area contributed by atoms with E-state index in [1.807, 2.05) is 13.8 Å². The van der Waals surface area contributed by atoms with Crippen molar-refractivity contribution in [3.8, 4) is 22.4 Å². The Hall–Kier alpha value is -3.73. The second-order valence-corrected chi connectivity index (χ2v) is 10.1. The number of anilines is 1.